The minimum absolute atomic E-state index is 0. The summed E-state index contributed by atoms with van der Waals surface area (Å²) in [4.78, 5) is 21.6. The summed E-state index contributed by atoms with van der Waals surface area (Å²) in [6.07, 6.45) is 0.319. The Morgan fingerprint density at radius 1 is 1.60 bits per heavy atom. The predicted octanol–water partition coefficient (Wildman–Crippen LogP) is 1.64. The Morgan fingerprint density at radius 2 is 2.30 bits per heavy atom. The summed E-state index contributed by atoms with van der Waals surface area (Å²) in [6.45, 7) is 3.17. The summed E-state index contributed by atoms with van der Waals surface area (Å²) in [7, 11) is 5.03. The van der Waals surface area contributed by atoms with E-state index in [1.54, 1.807) is 18.4 Å². The Labute approximate surface area is 140 Å². The van der Waals surface area contributed by atoms with E-state index in [9.17, 15) is 4.79 Å². The number of aliphatic imine (C=N–C) groups is 1. The van der Waals surface area contributed by atoms with Crippen molar-refractivity contribution in [1.82, 2.24) is 15.2 Å². The number of guanidine groups is 1. The monoisotopic (exact) mass is 412 g/mol. The third-order valence-electron chi connectivity index (χ3n) is 2.48. The maximum absolute atomic E-state index is 11.0. The number of hydrogen-bond donors (Lipinski definition) is 1. The van der Waals surface area contributed by atoms with Gasteiger partial charge in [-0.1, -0.05) is 0 Å². The summed E-state index contributed by atoms with van der Waals surface area (Å²) in [6, 6.07) is 0. The number of thiazole rings is 1. The number of carbonyl (C=O) groups excluding carboxylic acids is 1. The zero-order chi connectivity index (χ0) is 14.3. The van der Waals surface area contributed by atoms with Crippen molar-refractivity contribution in [2.24, 2.45) is 4.99 Å². The SMILES string of the molecule is CN=C(NCCC(=O)OC)N(C)Cc1csc(C)n1.I. The lowest BCUT2D eigenvalue weighted by Gasteiger charge is -2.20. The number of nitrogens with one attached hydrogen (secondary N) is 1. The molecule has 0 aliphatic rings. The molecule has 1 aromatic heterocycles. The van der Waals surface area contributed by atoms with E-state index in [0.29, 0.717) is 19.5 Å². The number of halogens is 1. The predicted molar refractivity (Wildman–Crippen MR) is 91.7 cm³/mol. The van der Waals surface area contributed by atoms with Crippen LogP contribution in [0.3, 0.4) is 0 Å². The van der Waals surface area contributed by atoms with Crippen molar-refractivity contribution in [1.29, 1.82) is 0 Å². The van der Waals surface area contributed by atoms with Gasteiger partial charge in [-0.2, -0.15) is 0 Å². The lowest BCUT2D eigenvalue weighted by molar-refractivity contribution is -0.140. The Hall–Kier alpha value is -0.900. The molecular formula is C12H21IN4O2S. The quantitative estimate of drug-likeness (QED) is 0.345. The second-order valence-corrected chi connectivity index (χ2v) is 5.08. The highest BCUT2D eigenvalue weighted by Gasteiger charge is 2.09. The summed E-state index contributed by atoms with van der Waals surface area (Å²) < 4.78 is 4.58. The number of esters is 1. The van der Waals surface area contributed by atoms with Crippen LogP contribution in [0.2, 0.25) is 0 Å². The molecule has 0 aromatic carbocycles. The Bertz CT molecular complexity index is 450. The normalized spacial score (nSPS) is 10.7. The summed E-state index contributed by atoms with van der Waals surface area (Å²) in [5.74, 6) is 0.496. The van der Waals surface area contributed by atoms with Crippen molar-refractivity contribution < 1.29 is 9.53 Å². The average Bonchev–Trinajstić information content (AvgIpc) is 2.79. The summed E-state index contributed by atoms with van der Waals surface area (Å²) in [5.41, 5.74) is 1.01. The maximum Gasteiger partial charge on any atom is 0.307 e. The molecule has 8 heteroatoms. The molecule has 0 fully saturated rings. The fourth-order valence-electron chi connectivity index (χ4n) is 1.56. The van der Waals surface area contributed by atoms with Gasteiger partial charge in [-0.15, -0.1) is 35.3 Å². The lowest BCUT2D eigenvalue weighted by Crippen LogP contribution is -2.39. The Morgan fingerprint density at radius 3 is 2.80 bits per heavy atom. The lowest BCUT2D eigenvalue weighted by atomic mass is 10.4. The van der Waals surface area contributed by atoms with Gasteiger partial charge in [-0.05, 0) is 6.92 Å². The van der Waals surface area contributed by atoms with E-state index in [-0.39, 0.29) is 29.9 Å². The van der Waals surface area contributed by atoms with Crippen molar-refractivity contribution in [3.8, 4) is 0 Å². The zero-order valence-corrected chi connectivity index (χ0v) is 15.3. The number of methoxy groups -OCH3 is 1. The van der Waals surface area contributed by atoms with Gasteiger partial charge in [0.15, 0.2) is 5.96 Å². The topological polar surface area (TPSA) is 66.8 Å². The largest absolute Gasteiger partial charge is 0.469 e. The van der Waals surface area contributed by atoms with Gasteiger partial charge in [0, 0.05) is 26.0 Å². The molecular weight excluding hydrogens is 391 g/mol. The summed E-state index contributed by atoms with van der Waals surface area (Å²) >= 11 is 1.63. The van der Waals surface area contributed by atoms with Gasteiger partial charge in [-0.25, -0.2) is 4.98 Å². The fraction of sp³-hybridized carbons (Fsp3) is 0.583. The number of ether oxygens (including phenoxy) is 1. The number of aromatic nitrogens is 1. The molecule has 0 spiro atoms. The number of nitrogens with zero attached hydrogens (tertiary/aromatic N) is 3. The van der Waals surface area contributed by atoms with E-state index in [0.717, 1.165) is 16.7 Å². The van der Waals surface area contributed by atoms with E-state index in [1.807, 2.05) is 24.3 Å². The first-order valence-electron chi connectivity index (χ1n) is 5.96. The molecule has 0 aliphatic heterocycles. The van der Waals surface area contributed by atoms with E-state index < -0.39 is 0 Å². The van der Waals surface area contributed by atoms with Crippen LogP contribution in [0.4, 0.5) is 0 Å². The summed E-state index contributed by atoms with van der Waals surface area (Å²) in [5, 5.41) is 6.20. The van der Waals surface area contributed by atoms with Gasteiger partial charge in [0.2, 0.25) is 0 Å². The average molecular weight is 412 g/mol. The van der Waals surface area contributed by atoms with Crippen molar-refractivity contribution in [2.45, 2.75) is 19.9 Å². The Kier molecular flexibility index (Phi) is 9.47. The smallest absolute Gasteiger partial charge is 0.307 e. The van der Waals surface area contributed by atoms with Crippen LogP contribution in [-0.2, 0) is 16.1 Å². The van der Waals surface area contributed by atoms with Crippen LogP contribution in [0.1, 0.15) is 17.1 Å². The molecule has 114 valence electrons. The van der Waals surface area contributed by atoms with Crippen molar-refractivity contribution in [3.05, 3.63) is 16.1 Å². The standard InChI is InChI=1S/C12H20N4O2S.HI/c1-9-15-10(8-19-9)7-16(3)12(13-2)14-6-5-11(17)18-4;/h8H,5-7H2,1-4H3,(H,13,14);1H. The molecule has 0 amide bonds. The highest BCUT2D eigenvalue weighted by atomic mass is 127. The van der Waals surface area contributed by atoms with Crippen LogP contribution in [0, 0.1) is 6.92 Å². The molecule has 1 rings (SSSR count). The van der Waals surface area contributed by atoms with Crippen molar-refractivity contribution >= 4 is 47.2 Å². The molecule has 0 saturated heterocycles. The minimum Gasteiger partial charge on any atom is -0.469 e. The molecule has 0 bridgehead atoms. The van der Waals surface area contributed by atoms with E-state index in [2.05, 4.69) is 20.0 Å². The first kappa shape index (κ1) is 19.1. The molecule has 0 radical (unpaired) electrons. The van der Waals surface area contributed by atoms with Crippen LogP contribution in [0.25, 0.3) is 0 Å². The van der Waals surface area contributed by atoms with Crippen LogP contribution in [0.15, 0.2) is 10.4 Å². The molecule has 6 nitrogen and oxygen atoms in total. The molecule has 0 aliphatic carbocycles. The van der Waals surface area contributed by atoms with Gasteiger partial charge in [0.25, 0.3) is 0 Å². The van der Waals surface area contributed by atoms with E-state index >= 15 is 0 Å². The van der Waals surface area contributed by atoms with Gasteiger partial charge < -0.3 is 15.0 Å². The first-order valence-corrected chi connectivity index (χ1v) is 6.84. The molecule has 1 N–H and O–H groups in total. The fourth-order valence-corrected chi connectivity index (χ4v) is 2.17. The maximum atomic E-state index is 11.0. The third kappa shape index (κ3) is 6.51. The molecule has 20 heavy (non-hydrogen) atoms. The van der Waals surface area contributed by atoms with Gasteiger partial charge >= 0.3 is 5.97 Å². The molecule has 1 heterocycles. The highest BCUT2D eigenvalue weighted by molar-refractivity contribution is 14.0. The zero-order valence-electron chi connectivity index (χ0n) is 12.2. The first-order chi connectivity index (χ1) is 9.06. The number of rotatable bonds is 5. The number of carbonyl (C=O) groups is 1. The van der Waals surface area contributed by atoms with E-state index in [1.165, 1.54) is 7.11 Å². The second-order valence-electron chi connectivity index (χ2n) is 4.01. The molecule has 0 saturated carbocycles. The van der Waals surface area contributed by atoms with Gasteiger partial charge in [0.1, 0.15) is 0 Å². The minimum atomic E-state index is -0.235. The van der Waals surface area contributed by atoms with Gasteiger partial charge in [-0.3, -0.25) is 9.79 Å². The van der Waals surface area contributed by atoms with Crippen molar-refractivity contribution in [2.75, 3.05) is 27.7 Å². The number of hydrogen-bond acceptors (Lipinski definition) is 5. The highest BCUT2D eigenvalue weighted by Crippen LogP contribution is 2.09. The van der Waals surface area contributed by atoms with E-state index in [4.69, 9.17) is 0 Å². The number of aryl methyl sites for hydroxylation is 1. The molecule has 0 atom stereocenters. The third-order valence-corrected chi connectivity index (χ3v) is 3.30. The van der Waals surface area contributed by atoms with Crippen LogP contribution < -0.4 is 5.32 Å². The van der Waals surface area contributed by atoms with Crippen LogP contribution >= 0.6 is 35.3 Å². The van der Waals surface area contributed by atoms with Crippen LogP contribution in [0.5, 0.6) is 0 Å². The molecule has 0 unspecified atom stereocenters. The van der Waals surface area contributed by atoms with Crippen LogP contribution in [-0.4, -0.2) is 49.6 Å². The Balaban J connectivity index is 0.00000361. The second kappa shape index (κ2) is 9.92. The molecule has 1 aromatic rings. The van der Waals surface area contributed by atoms with Crippen molar-refractivity contribution in [3.63, 3.8) is 0 Å². The van der Waals surface area contributed by atoms with Gasteiger partial charge in [0.05, 0.1) is 30.8 Å².